The van der Waals surface area contributed by atoms with Crippen molar-refractivity contribution < 1.29 is 13.2 Å². The number of nitrogen functional groups attached to an aromatic ring is 1. The van der Waals surface area contributed by atoms with E-state index in [0.29, 0.717) is 17.8 Å². The zero-order valence-electron chi connectivity index (χ0n) is 10.6. The lowest BCUT2D eigenvalue weighted by atomic mass is 10.2. The summed E-state index contributed by atoms with van der Waals surface area (Å²) >= 11 is 0. The van der Waals surface area contributed by atoms with Crippen LogP contribution in [0.2, 0.25) is 0 Å². The first-order valence-corrected chi connectivity index (χ1v) is 7.37. The van der Waals surface area contributed by atoms with Crippen molar-refractivity contribution in [2.45, 2.75) is 25.2 Å². The maximum absolute atomic E-state index is 12.0. The molecule has 1 aromatic carbocycles. The molecular weight excluding hydrogens is 252 g/mol. The summed E-state index contributed by atoms with van der Waals surface area (Å²) in [5, 5.41) is 2.57. The maximum Gasteiger partial charge on any atom is 0.221 e. The molecule has 0 fully saturated rings. The van der Waals surface area contributed by atoms with Crippen LogP contribution < -0.4 is 11.1 Å². The number of hydrogen-bond donors (Lipinski definition) is 2. The molecule has 0 aliphatic carbocycles. The summed E-state index contributed by atoms with van der Waals surface area (Å²) in [6.45, 7) is 4.04. The number of carbonyl (C=O) groups excluding carboxylic acids is 1. The molecule has 6 heteroatoms. The van der Waals surface area contributed by atoms with Crippen LogP contribution in [0.3, 0.4) is 0 Å². The Morgan fingerprint density at radius 2 is 2.06 bits per heavy atom. The molecule has 5 nitrogen and oxygen atoms in total. The first-order chi connectivity index (χ1) is 8.36. The minimum absolute atomic E-state index is 0.0282. The number of rotatable bonds is 5. The van der Waals surface area contributed by atoms with Gasteiger partial charge in [-0.1, -0.05) is 0 Å². The van der Waals surface area contributed by atoms with Crippen LogP contribution in [0.1, 0.15) is 18.9 Å². The van der Waals surface area contributed by atoms with Crippen LogP contribution in [0.4, 0.5) is 5.69 Å². The molecule has 1 aromatic rings. The van der Waals surface area contributed by atoms with E-state index in [1.54, 1.807) is 19.9 Å². The minimum Gasteiger partial charge on any atom is -0.399 e. The highest BCUT2D eigenvalue weighted by Crippen LogP contribution is 2.18. The summed E-state index contributed by atoms with van der Waals surface area (Å²) in [6, 6.07) is 4.56. The van der Waals surface area contributed by atoms with Gasteiger partial charge in [0, 0.05) is 18.7 Å². The van der Waals surface area contributed by atoms with Gasteiger partial charge in [0.2, 0.25) is 5.91 Å². The molecule has 0 heterocycles. The van der Waals surface area contributed by atoms with Crippen molar-refractivity contribution in [1.29, 1.82) is 0 Å². The van der Waals surface area contributed by atoms with Gasteiger partial charge >= 0.3 is 0 Å². The molecule has 0 saturated heterocycles. The maximum atomic E-state index is 12.0. The molecule has 0 aliphatic heterocycles. The molecule has 0 spiro atoms. The second kappa shape index (κ2) is 5.86. The highest BCUT2D eigenvalue weighted by Gasteiger charge is 2.16. The molecule has 0 atom stereocenters. The molecule has 100 valence electrons. The van der Waals surface area contributed by atoms with E-state index in [1.165, 1.54) is 12.1 Å². The molecule has 1 rings (SSSR count). The minimum atomic E-state index is -3.43. The molecule has 0 bridgehead atoms. The smallest absolute Gasteiger partial charge is 0.221 e. The Balaban J connectivity index is 2.80. The highest BCUT2D eigenvalue weighted by atomic mass is 32.2. The van der Waals surface area contributed by atoms with Gasteiger partial charge in [0.25, 0.3) is 0 Å². The van der Waals surface area contributed by atoms with Crippen molar-refractivity contribution in [3.63, 3.8) is 0 Å². The summed E-state index contributed by atoms with van der Waals surface area (Å²) in [6.07, 6.45) is -0.0282. The van der Waals surface area contributed by atoms with E-state index in [1.807, 2.05) is 0 Å². The Labute approximate surface area is 107 Å². The van der Waals surface area contributed by atoms with Crippen molar-refractivity contribution in [1.82, 2.24) is 5.32 Å². The van der Waals surface area contributed by atoms with Crippen LogP contribution in [0.25, 0.3) is 0 Å². The number of nitrogens with two attached hydrogens (primary N) is 1. The summed E-state index contributed by atoms with van der Waals surface area (Å²) in [4.78, 5) is 11.5. The lowest BCUT2D eigenvalue weighted by molar-refractivity contribution is -0.120. The zero-order chi connectivity index (χ0) is 13.8. The summed E-state index contributed by atoms with van der Waals surface area (Å²) in [5.74, 6) is -0.449. The average molecular weight is 270 g/mol. The fourth-order valence-corrected chi connectivity index (χ4v) is 2.79. The van der Waals surface area contributed by atoms with Gasteiger partial charge in [-0.05, 0) is 37.6 Å². The first kappa shape index (κ1) is 14.5. The number of anilines is 1. The molecule has 3 N–H and O–H groups in total. The Kier molecular flexibility index (Phi) is 4.72. The molecule has 18 heavy (non-hydrogen) atoms. The monoisotopic (exact) mass is 270 g/mol. The van der Waals surface area contributed by atoms with Gasteiger partial charge < -0.3 is 11.1 Å². The predicted molar refractivity (Wildman–Crippen MR) is 70.9 cm³/mol. The van der Waals surface area contributed by atoms with Gasteiger partial charge in [0.1, 0.15) is 0 Å². The third-order valence-electron chi connectivity index (χ3n) is 2.57. The molecule has 0 saturated carbocycles. The van der Waals surface area contributed by atoms with Gasteiger partial charge in [0.05, 0.1) is 10.6 Å². The predicted octanol–water partition coefficient (Wildman–Crippen LogP) is 0.877. The second-order valence-electron chi connectivity index (χ2n) is 4.04. The molecular formula is C12H18N2O3S. The van der Waals surface area contributed by atoms with Crippen molar-refractivity contribution in [3.8, 4) is 0 Å². The van der Waals surface area contributed by atoms with E-state index in [9.17, 15) is 13.2 Å². The van der Waals surface area contributed by atoms with Gasteiger partial charge in [-0.3, -0.25) is 4.79 Å². The van der Waals surface area contributed by atoms with Crippen LogP contribution in [0.15, 0.2) is 23.1 Å². The largest absolute Gasteiger partial charge is 0.399 e. The fourth-order valence-electron chi connectivity index (χ4n) is 1.47. The first-order valence-electron chi connectivity index (χ1n) is 5.72. The molecule has 0 aromatic heterocycles. The third kappa shape index (κ3) is 3.73. The Bertz CT molecular complexity index is 538. The van der Waals surface area contributed by atoms with E-state index in [4.69, 9.17) is 5.73 Å². The number of benzene rings is 1. The van der Waals surface area contributed by atoms with Crippen LogP contribution in [-0.4, -0.2) is 26.6 Å². The molecule has 0 unspecified atom stereocenters. The lowest BCUT2D eigenvalue weighted by Crippen LogP contribution is -2.25. The van der Waals surface area contributed by atoms with Gasteiger partial charge in [0.15, 0.2) is 9.84 Å². The van der Waals surface area contributed by atoms with Crippen LogP contribution in [0.5, 0.6) is 0 Å². The quantitative estimate of drug-likeness (QED) is 0.777. The van der Waals surface area contributed by atoms with Gasteiger partial charge in [-0.15, -0.1) is 0 Å². The molecule has 1 amide bonds. The van der Waals surface area contributed by atoms with Crippen molar-refractivity contribution >= 4 is 21.4 Å². The normalized spacial score (nSPS) is 11.2. The standard InChI is InChI=1S/C12H18N2O3S/c1-3-14-12(15)6-7-18(16,17)10-4-5-11(13)9(2)8-10/h4-5,8H,3,6-7,13H2,1-2H3,(H,14,15). The van der Waals surface area contributed by atoms with E-state index in [0.717, 1.165) is 0 Å². The topological polar surface area (TPSA) is 89.3 Å². The Morgan fingerprint density at radius 1 is 1.39 bits per heavy atom. The van der Waals surface area contributed by atoms with Gasteiger partial charge in [-0.25, -0.2) is 8.42 Å². The number of carbonyl (C=O) groups is 1. The van der Waals surface area contributed by atoms with E-state index >= 15 is 0 Å². The zero-order valence-corrected chi connectivity index (χ0v) is 11.4. The highest BCUT2D eigenvalue weighted by molar-refractivity contribution is 7.91. The van der Waals surface area contributed by atoms with E-state index in [2.05, 4.69) is 5.32 Å². The molecule has 0 aliphatic rings. The summed E-state index contributed by atoms with van der Waals surface area (Å²) < 4.78 is 24.0. The van der Waals surface area contributed by atoms with E-state index in [-0.39, 0.29) is 23.0 Å². The van der Waals surface area contributed by atoms with Gasteiger partial charge in [-0.2, -0.15) is 0 Å². The third-order valence-corrected chi connectivity index (χ3v) is 4.29. The lowest BCUT2D eigenvalue weighted by Gasteiger charge is -2.07. The summed E-state index contributed by atoms with van der Waals surface area (Å²) in [5.41, 5.74) is 6.90. The van der Waals surface area contributed by atoms with Crippen molar-refractivity contribution in [2.75, 3.05) is 18.0 Å². The second-order valence-corrected chi connectivity index (χ2v) is 6.15. The van der Waals surface area contributed by atoms with Crippen molar-refractivity contribution in [3.05, 3.63) is 23.8 Å². The number of aryl methyl sites for hydroxylation is 1. The van der Waals surface area contributed by atoms with E-state index < -0.39 is 9.84 Å². The summed E-state index contributed by atoms with van der Waals surface area (Å²) in [7, 11) is -3.43. The number of nitrogens with one attached hydrogen (secondary N) is 1. The van der Waals surface area contributed by atoms with Crippen LogP contribution in [0, 0.1) is 6.92 Å². The SMILES string of the molecule is CCNC(=O)CCS(=O)(=O)c1ccc(N)c(C)c1. The number of hydrogen-bond acceptors (Lipinski definition) is 4. The Morgan fingerprint density at radius 3 is 2.61 bits per heavy atom. The van der Waals surface area contributed by atoms with Crippen LogP contribution >= 0.6 is 0 Å². The van der Waals surface area contributed by atoms with Crippen molar-refractivity contribution in [2.24, 2.45) is 0 Å². The van der Waals surface area contributed by atoms with Crippen LogP contribution in [-0.2, 0) is 14.6 Å². The average Bonchev–Trinajstić information content (AvgIpc) is 2.30. The fraction of sp³-hybridized carbons (Fsp3) is 0.417. The molecule has 0 radical (unpaired) electrons. The number of sulfone groups is 1. The number of amides is 1. The Hall–Kier alpha value is -1.56.